The summed E-state index contributed by atoms with van der Waals surface area (Å²) in [5, 5.41) is 64.5. The molecule has 144 valence electrons. The minimum Gasteiger partial charge on any atom is -0.508 e. The molecule has 0 saturated heterocycles. The van der Waals surface area contributed by atoms with Gasteiger partial charge in [-0.25, -0.2) is 0 Å². The lowest BCUT2D eigenvalue weighted by molar-refractivity contribution is -0.229. The number of hydrogen-bond acceptors (Lipinski definition) is 8. The van der Waals surface area contributed by atoms with Gasteiger partial charge in [0.1, 0.15) is 11.9 Å². The number of phenolic OH excluding ortho intramolecular Hbond substituents is 1. The van der Waals surface area contributed by atoms with Crippen LogP contribution in [0.25, 0.3) is 0 Å². The molecule has 1 aromatic rings. The van der Waals surface area contributed by atoms with E-state index in [4.69, 9.17) is 0 Å². The van der Waals surface area contributed by atoms with Crippen LogP contribution in [-0.4, -0.2) is 65.6 Å². The molecule has 6 atom stereocenters. The maximum absolute atomic E-state index is 13.2. The van der Waals surface area contributed by atoms with Gasteiger partial charge < -0.3 is 30.6 Å². The molecule has 0 aliphatic heterocycles. The van der Waals surface area contributed by atoms with Gasteiger partial charge in [-0.05, 0) is 17.6 Å². The van der Waals surface area contributed by atoms with Crippen molar-refractivity contribution in [2.75, 3.05) is 0 Å². The van der Waals surface area contributed by atoms with E-state index in [1.807, 2.05) is 0 Å². The molecule has 0 fully saturated rings. The van der Waals surface area contributed by atoms with E-state index >= 15 is 0 Å². The van der Waals surface area contributed by atoms with Crippen LogP contribution >= 0.6 is 0 Å². The van der Waals surface area contributed by atoms with Gasteiger partial charge in [0.2, 0.25) is 5.78 Å². The molecule has 8 nitrogen and oxygen atoms in total. The highest BCUT2D eigenvalue weighted by molar-refractivity contribution is 6.16. The number of carbonyl (C=O) groups is 2. The topological polar surface area (TPSA) is 156 Å². The molecule has 0 bridgehead atoms. The summed E-state index contributed by atoms with van der Waals surface area (Å²) >= 11 is 0. The molecule has 3 aliphatic rings. The fourth-order valence-corrected chi connectivity index (χ4v) is 4.77. The quantitative estimate of drug-likeness (QED) is 0.341. The van der Waals surface area contributed by atoms with Crippen molar-refractivity contribution in [3.63, 3.8) is 0 Å². The van der Waals surface area contributed by atoms with Crippen molar-refractivity contribution in [2.45, 2.75) is 49.3 Å². The van der Waals surface area contributed by atoms with Gasteiger partial charge in [0.05, 0.1) is 12.2 Å². The average Bonchev–Trinajstić information content (AvgIpc) is 2.61. The van der Waals surface area contributed by atoms with E-state index < -0.39 is 64.7 Å². The van der Waals surface area contributed by atoms with Gasteiger partial charge in [0.15, 0.2) is 17.0 Å². The van der Waals surface area contributed by atoms with Crippen LogP contribution in [0.1, 0.15) is 41.8 Å². The van der Waals surface area contributed by atoms with E-state index in [-0.39, 0.29) is 23.1 Å². The summed E-state index contributed by atoms with van der Waals surface area (Å²) in [4.78, 5) is 25.9. The third-order valence-electron chi connectivity index (χ3n) is 6.21. The Kier molecular flexibility index (Phi) is 3.70. The van der Waals surface area contributed by atoms with E-state index in [0.29, 0.717) is 0 Å². The zero-order valence-corrected chi connectivity index (χ0v) is 14.5. The first-order valence-electron chi connectivity index (χ1n) is 8.69. The van der Waals surface area contributed by atoms with Gasteiger partial charge in [-0.3, -0.25) is 9.59 Å². The Balaban J connectivity index is 2.07. The summed E-state index contributed by atoms with van der Waals surface area (Å²) in [6.07, 6.45) is -5.65. The summed E-state index contributed by atoms with van der Waals surface area (Å²) in [6.45, 7) is 1.62. The van der Waals surface area contributed by atoms with Crippen LogP contribution in [0.15, 0.2) is 29.3 Å². The molecule has 0 aromatic heterocycles. The van der Waals surface area contributed by atoms with E-state index in [0.717, 1.165) is 0 Å². The molecular formula is C19H20O8. The largest absolute Gasteiger partial charge is 0.508 e. The van der Waals surface area contributed by atoms with Crippen molar-refractivity contribution in [3.8, 4) is 5.75 Å². The van der Waals surface area contributed by atoms with Crippen molar-refractivity contribution in [1.82, 2.24) is 0 Å². The standard InChI is InChI=1S/C19H20O8/c1-7-5-11(21)14-9(15(7)23)6-12(22)18(26)17(25)13-8(3-2-4-10(13)20)16(24)19(14,18)27/h2-4,7,12,15,17,20,22-23,25-27H,5-6H2,1H3. The first-order chi connectivity index (χ1) is 12.6. The van der Waals surface area contributed by atoms with Gasteiger partial charge in [0.25, 0.3) is 0 Å². The lowest BCUT2D eigenvalue weighted by Gasteiger charge is -2.55. The number of rotatable bonds is 0. The van der Waals surface area contributed by atoms with Crippen LogP contribution in [0.4, 0.5) is 0 Å². The molecule has 4 rings (SSSR count). The Morgan fingerprint density at radius 2 is 1.74 bits per heavy atom. The SMILES string of the molecule is CC1CC(=O)C2=C(CC(O)C3(O)C(O)c4c(O)cccc4C(=O)C23O)C1O. The molecule has 3 aliphatic carbocycles. The van der Waals surface area contributed by atoms with Crippen LogP contribution in [-0.2, 0) is 4.79 Å². The van der Waals surface area contributed by atoms with Crippen LogP contribution < -0.4 is 0 Å². The van der Waals surface area contributed by atoms with Crippen molar-refractivity contribution in [3.05, 3.63) is 40.5 Å². The number of aliphatic hydroxyl groups is 5. The molecule has 0 saturated carbocycles. The van der Waals surface area contributed by atoms with Crippen molar-refractivity contribution < 1.29 is 40.2 Å². The van der Waals surface area contributed by atoms with Crippen LogP contribution in [0.5, 0.6) is 5.75 Å². The fourth-order valence-electron chi connectivity index (χ4n) is 4.77. The molecule has 0 spiro atoms. The molecule has 1 aromatic carbocycles. The second kappa shape index (κ2) is 5.46. The minimum atomic E-state index is -2.95. The van der Waals surface area contributed by atoms with Crippen molar-refractivity contribution in [2.24, 2.45) is 5.92 Å². The molecular weight excluding hydrogens is 356 g/mol. The molecule has 6 unspecified atom stereocenters. The van der Waals surface area contributed by atoms with Gasteiger partial charge in [-0.2, -0.15) is 0 Å². The third kappa shape index (κ3) is 1.94. The zero-order chi connectivity index (χ0) is 19.9. The van der Waals surface area contributed by atoms with Gasteiger partial charge in [-0.15, -0.1) is 0 Å². The minimum absolute atomic E-state index is 0.0115. The van der Waals surface area contributed by atoms with Gasteiger partial charge >= 0.3 is 0 Å². The number of phenols is 1. The summed E-state index contributed by atoms with van der Waals surface area (Å²) < 4.78 is 0. The number of Topliss-reactive ketones (excluding diaryl/α,β-unsaturated/α-hetero) is 2. The molecule has 0 radical (unpaired) electrons. The van der Waals surface area contributed by atoms with E-state index in [9.17, 15) is 40.2 Å². The Morgan fingerprint density at radius 3 is 2.41 bits per heavy atom. The smallest absolute Gasteiger partial charge is 0.202 e. The molecule has 0 amide bonds. The number of benzene rings is 1. The predicted octanol–water partition coefficient (Wildman–Crippen LogP) is -0.885. The second-order valence-corrected chi connectivity index (χ2v) is 7.68. The predicted molar refractivity (Wildman–Crippen MR) is 89.7 cm³/mol. The highest BCUT2D eigenvalue weighted by atomic mass is 16.4. The Bertz CT molecular complexity index is 905. The van der Waals surface area contributed by atoms with Gasteiger partial charge in [-0.1, -0.05) is 19.1 Å². The van der Waals surface area contributed by atoms with E-state index in [1.165, 1.54) is 18.2 Å². The highest BCUT2D eigenvalue weighted by Gasteiger charge is 2.72. The molecule has 27 heavy (non-hydrogen) atoms. The normalized spacial score (nSPS) is 41.1. The maximum Gasteiger partial charge on any atom is 0.202 e. The summed E-state index contributed by atoms with van der Waals surface area (Å²) in [5.41, 5.74) is -6.88. The first-order valence-corrected chi connectivity index (χ1v) is 8.69. The Labute approximate surface area is 154 Å². The molecule has 8 heteroatoms. The maximum atomic E-state index is 13.2. The monoisotopic (exact) mass is 376 g/mol. The summed E-state index contributed by atoms with van der Waals surface area (Å²) in [6, 6.07) is 3.76. The lowest BCUT2D eigenvalue weighted by atomic mass is 9.54. The Hall–Kier alpha value is -2.10. The van der Waals surface area contributed by atoms with E-state index in [1.54, 1.807) is 6.92 Å². The number of fused-ring (bicyclic) bond motifs is 3. The van der Waals surface area contributed by atoms with Crippen molar-refractivity contribution >= 4 is 11.6 Å². The average molecular weight is 376 g/mol. The number of ketones is 2. The fraction of sp³-hybridized carbons (Fsp3) is 0.474. The number of aromatic hydroxyl groups is 1. The second-order valence-electron chi connectivity index (χ2n) is 7.68. The number of carbonyl (C=O) groups excluding carboxylic acids is 2. The molecule has 0 heterocycles. The molecule has 6 N–H and O–H groups in total. The van der Waals surface area contributed by atoms with Crippen molar-refractivity contribution in [1.29, 1.82) is 0 Å². The van der Waals surface area contributed by atoms with E-state index in [2.05, 4.69) is 0 Å². The first kappa shape index (κ1) is 18.3. The Morgan fingerprint density at radius 1 is 1.07 bits per heavy atom. The van der Waals surface area contributed by atoms with Gasteiger partial charge in [0, 0.05) is 29.5 Å². The highest BCUT2D eigenvalue weighted by Crippen LogP contribution is 2.56. The number of hydrogen-bond donors (Lipinski definition) is 6. The van der Waals surface area contributed by atoms with Crippen LogP contribution in [0.2, 0.25) is 0 Å². The van der Waals surface area contributed by atoms with Crippen LogP contribution in [0.3, 0.4) is 0 Å². The third-order valence-corrected chi connectivity index (χ3v) is 6.21. The lowest BCUT2D eigenvalue weighted by Crippen LogP contribution is -2.74. The van der Waals surface area contributed by atoms with Crippen LogP contribution in [0, 0.1) is 5.92 Å². The number of aliphatic hydroxyl groups excluding tert-OH is 3. The zero-order valence-electron chi connectivity index (χ0n) is 14.5. The summed E-state index contributed by atoms with van der Waals surface area (Å²) in [5.74, 6) is -2.74. The summed E-state index contributed by atoms with van der Waals surface area (Å²) in [7, 11) is 0.